The van der Waals surface area contributed by atoms with Gasteiger partial charge in [-0.25, -0.2) is 9.79 Å². The van der Waals surface area contributed by atoms with Crippen LogP contribution >= 0.6 is 11.6 Å². The third-order valence-electron chi connectivity index (χ3n) is 3.58. The zero-order valence-electron chi connectivity index (χ0n) is 12.5. The number of rotatable bonds is 2. The fourth-order valence-electron chi connectivity index (χ4n) is 2.43. The first-order valence-electron chi connectivity index (χ1n) is 7.37. The van der Waals surface area contributed by atoms with Gasteiger partial charge in [-0.1, -0.05) is 17.7 Å². The number of halogens is 1. The van der Waals surface area contributed by atoms with Crippen molar-refractivity contribution in [3.63, 3.8) is 0 Å². The van der Waals surface area contributed by atoms with Gasteiger partial charge in [-0.05, 0) is 48.0 Å². The fourth-order valence-corrected chi connectivity index (χ4v) is 2.56. The number of carbonyl (C=O) groups excluding carboxylic acids is 1. The summed E-state index contributed by atoms with van der Waals surface area (Å²) < 4.78 is 16.2. The molecule has 2 aromatic rings. The highest BCUT2D eigenvalue weighted by atomic mass is 35.5. The number of aliphatic imine (C=N–C) groups is 1. The first-order chi connectivity index (χ1) is 11.7. The number of benzene rings is 2. The van der Waals surface area contributed by atoms with Crippen LogP contribution in [0.4, 0.5) is 0 Å². The van der Waals surface area contributed by atoms with E-state index in [1.54, 1.807) is 30.3 Å². The molecule has 2 heterocycles. The van der Waals surface area contributed by atoms with Gasteiger partial charge in [0, 0.05) is 10.6 Å². The summed E-state index contributed by atoms with van der Waals surface area (Å²) in [4.78, 5) is 16.3. The van der Waals surface area contributed by atoms with Gasteiger partial charge in [-0.2, -0.15) is 0 Å². The smallest absolute Gasteiger partial charge is 0.363 e. The van der Waals surface area contributed by atoms with E-state index in [1.165, 1.54) is 0 Å². The molecule has 4 rings (SSSR count). The van der Waals surface area contributed by atoms with E-state index in [1.807, 2.05) is 18.2 Å². The summed E-state index contributed by atoms with van der Waals surface area (Å²) in [5.74, 6) is 1.13. The summed E-state index contributed by atoms with van der Waals surface area (Å²) >= 11 is 5.86. The van der Waals surface area contributed by atoms with Gasteiger partial charge in [-0.15, -0.1) is 0 Å². The molecule has 0 amide bonds. The number of hydrogen-bond donors (Lipinski definition) is 0. The minimum Gasteiger partial charge on any atom is -0.486 e. The first-order valence-corrected chi connectivity index (χ1v) is 7.75. The van der Waals surface area contributed by atoms with Crippen molar-refractivity contribution >= 4 is 29.5 Å². The van der Waals surface area contributed by atoms with E-state index in [9.17, 15) is 4.79 Å². The summed E-state index contributed by atoms with van der Waals surface area (Å²) in [7, 11) is 0. The highest BCUT2D eigenvalue weighted by molar-refractivity contribution is 6.30. The van der Waals surface area contributed by atoms with Crippen molar-refractivity contribution in [3.05, 3.63) is 64.3 Å². The minimum absolute atomic E-state index is 0.233. The molecular weight excluding hydrogens is 330 g/mol. The van der Waals surface area contributed by atoms with E-state index >= 15 is 0 Å². The molecule has 5 nitrogen and oxygen atoms in total. The van der Waals surface area contributed by atoms with Gasteiger partial charge in [0.2, 0.25) is 5.90 Å². The quantitative estimate of drug-likeness (QED) is 0.620. The van der Waals surface area contributed by atoms with Crippen LogP contribution in [-0.2, 0) is 9.53 Å². The molecule has 0 N–H and O–H groups in total. The van der Waals surface area contributed by atoms with Gasteiger partial charge < -0.3 is 14.2 Å². The highest BCUT2D eigenvalue weighted by Gasteiger charge is 2.24. The third kappa shape index (κ3) is 2.86. The molecule has 0 radical (unpaired) electrons. The lowest BCUT2D eigenvalue weighted by Crippen LogP contribution is -2.15. The molecule has 0 spiro atoms. The Hall–Kier alpha value is -2.79. The lowest BCUT2D eigenvalue weighted by atomic mass is 10.1. The average molecular weight is 342 g/mol. The zero-order valence-corrected chi connectivity index (χ0v) is 13.2. The van der Waals surface area contributed by atoms with Gasteiger partial charge in [-0.3, -0.25) is 0 Å². The van der Waals surface area contributed by atoms with E-state index in [0.29, 0.717) is 35.3 Å². The molecule has 2 aromatic carbocycles. The van der Waals surface area contributed by atoms with Gasteiger partial charge in [0.05, 0.1) is 0 Å². The van der Waals surface area contributed by atoms with Gasteiger partial charge >= 0.3 is 5.97 Å². The van der Waals surface area contributed by atoms with Crippen molar-refractivity contribution in [2.24, 2.45) is 4.99 Å². The Balaban J connectivity index is 1.64. The lowest BCUT2D eigenvalue weighted by Gasteiger charge is -2.18. The molecule has 0 bridgehead atoms. The first kappa shape index (κ1) is 14.8. The van der Waals surface area contributed by atoms with Crippen LogP contribution in [-0.4, -0.2) is 25.1 Å². The number of nitrogens with zero attached hydrogens (tertiary/aromatic N) is 1. The fraction of sp³-hybridized carbons (Fsp3) is 0.111. The largest absolute Gasteiger partial charge is 0.486 e. The highest BCUT2D eigenvalue weighted by Crippen LogP contribution is 2.32. The number of esters is 1. The Kier molecular flexibility index (Phi) is 3.70. The van der Waals surface area contributed by atoms with Crippen LogP contribution in [0.1, 0.15) is 11.1 Å². The zero-order chi connectivity index (χ0) is 16.5. The van der Waals surface area contributed by atoms with Crippen molar-refractivity contribution < 1.29 is 19.0 Å². The molecule has 6 heteroatoms. The van der Waals surface area contributed by atoms with E-state index in [2.05, 4.69) is 4.99 Å². The van der Waals surface area contributed by atoms with Gasteiger partial charge in [0.15, 0.2) is 17.2 Å². The maximum atomic E-state index is 12.0. The van der Waals surface area contributed by atoms with E-state index < -0.39 is 5.97 Å². The van der Waals surface area contributed by atoms with Crippen LogP contribution in [0.15, 0.2) is 53.2 Å². The number of fused-ring (bicyclic) bond motifs is 1. The van der Waals surface area contributed by atoms with Crippen LogP contribution < -0.4 is 9.47 Å². The number of carbonyl (C=O) groups is 1. The average Bonchev–Trinajstić information content (AvgIpc) is 2.96. The molecule has 0 saturated carbocycles. The maximum absolute atomic E-state index is 12.0. The summed E-state index contributed by atoms with van der Waals surface area (Å²) in [6.07, 6.45) is 1.66. The lowest BCUT2D eigenvalue weighted by molar-refractivity contribution is -0.129. The molecule has 0 saturated heterocycles. The molecule has 0 aliphatic carbocycles. The second kappa shape index (κ2) is 6.02. The molecule has 0 fully saturated rings. The summed E-state index contributed by atoms with van der Waals surface area (Å²) in [6.45, 7) is 1.04. The maximum Gasteiger partial charge on any atom is 0.363 e. The topological polar surface area (TPSA) is 57.1 Å². The Morgan fingerprint density at radius 1 is 1.00 bits per heavy atom. The Bertz CT molecular complexity index is 871. The standard InChI is InChI=1S/C18H12ClNO4/c19-13-4-2-12(3-5-13)17-20-14(18(21)24-17)9-11-1-6-15-16(10-11)23-8-7-22-15/h1-6,9-10H,7-8H2/b14-9+. The number of hydrogen-bond acceptors (Lipinski definition) is 5. The number of cyclic esters (lactones) is 1. The van der Waals surface area contributed by atoms with Crippen LogP contribution in [0.5, 0.6) is 11.5 Å². The second-order valence-electron chi connectivity index (χ2n) is 5.25. The van der Waals surface area contributed by atoms with E-state index in [4.69, 9.17) is 25.8 Å². The molecule has 0 atom stereocenters. The third-order valence-corrected chi connectivity index (χ3v) is 3.83. The van der Waals surface area contributed by atoms with Gasteiger partial charge in [0.1, 0.15) is 13.2 Å². The monoisotopic (exact) mass is 341 g/mol. The van der Waals surface area contributed by atoms with Gasteiger partial charge in [0.25, 0.3) is 0 Å². The van der Waals surface area contributed by atoms with Crippen LogP contribution in [0.3, 0.4) is 0 Å². The minimum atomic E-state index is -0.491. The van der Waals surface area contributed by atoms with E-state index in [0.717, 1.165) is 5.56 Å². The molecule has 2 aliphatic heterocycles. The van der Waals surface area contributed by atoms with Crippen molar-refractivity contribution in [1.82, 2.24) is 0 Å². The van der Waals surface area contributed by atoms with E-state index in [-0.39, 0.29) is 11.6 Å². The van der Waals surface area contributed by atoms with Crippen molar-refractivity contribution in [2.75, 3.05) is 13.2 Å². The summed E-state index contributed by atoms with van der Waals surface area (Å²) in [5, 5.41) is 0.607. The van der Waals surface area contributed by atoms with Crippen molar-refractivity contribution in [1.29, 1.82) is 0 Å². The Labute approximate surface area is 143 Å². The van der Waals surface area contributed by atoms with Crippen LogP contribution in [0.25, 0.3) is 6.08 Å². The molecule has 2 aliphatic rings. The SMILES string of the molecule is O=C1OC(c2ccc(Cl)cc2)=N/C1=C/c1ccc2c(c1)OCCO2. The molecule has 120 valence electrons. The van der Waals surface area contributed by atoms with Crippen LogP contribution in [0.2, 0.25) is 5.02 Å². The Morgan fingerprint density at radius 3 is 2.54 bits per heavy atom. The van der Waals surface area contributed by atoms with Crippen molar-refractivity contribution in [2.45, 2.75) is 0 Å². The molecule has 0 unspecified atom stereocenters. The predicted octanol–water partition coefficient (Wildman–Crippen LogP) is 3.46. The molecule has 24 heavy (non-hydrogen) atoms. The summed E-state index contributed by atoms with van der Waals surface area (Å²) in [5.41, 5.74) is 1.71. The normalized spacial score (nSPS) is 17.6. The molecular formula is C18H12ClNO4. The Morgan fingerprint density at radius 2 is 1.75 bits per heavy atom. The second-order valence-corrected chi connectivity index (χ2v) is 5.68. The summed E-state index contributed by atoms with van der Waals surface area (Å²) in [6, 6.07) is 12.4. The van der Waals surface area contributed by atoms with Crippen molar-refractivity contribution in [3.8, 4) is 11.5 Å². The van der Waals surface area contributed by atoms with Crippen LogP contribution in [0, 0.1) is 0 Å². The number of ether oxygens (including phenoxy) is 3. The predicted molar refractivity (Wildman–Crippen MR) is 89.5 cm³/mol. The molecule has 0 aromatic heterocycles.